The normalized spacial score (nSPS) is 17.0. The maximum absolute atomic E-state index is 12.9. The number of carbonyl (C=O) groups is 2. The number of urea groups is 1. The maximum atomic E-state index is 12.9. The van der Waals surface area contributed by atoms with Gasteiger partial charge in [-0.3, -0.25) is 14.9 Å². The highest BCUT2D eigenvalue weighted by Crippen LogP contribution is 2.22. The molecule has 1 aromatic heterocycles. The Labute approximate surface area is 218 Å². The molecule has 11 heteroatoms. The van der Waals surface area contributed by atoms with Gasteiger partial charge in [-0.1, -0.05) is 18.9 Å². The number of non-ortho nitro benzene ring substituents is 1. The Hall–Kier alpha value is -3.99. The van der Waals surface area contributed by atoms with Gasteiger partial charge in [-0.2, -0.15) is 0 Å². The van der Waals surface area contributed by atoms with Gasteiger partial charge in [0.2, 0.25) is 0 Å². The number of hydrogen-bond acceptors (Lipinski definition) is 7. The first kappa shape index (κ1) is 26.1. The summed E-state index contributed by atoms with van der Waals surface area (Å²) in [5, 5.41) is 21.8. The zero-order valence-electron chi connectivity index (χ0n) is 20.7. The van der Waals surface area contributed by atoms with Crippen molar-refractivity contribution in [1.82, 2.24) is 15.6 Å². The Kier molecular flexibility index (Phi) is 8.34. The number of benzene rings is 2. The van der Waals surface area contributed by atoms with Gasteiger partial charge < -0.3 is 20.7 Å². The van der Waals surface area contributed by atoms with Crippen LogP contribution in [-0.2, 0) is 6.61 Å². The molecular weight excluding hydrogens is 494 g/mol. The van der Waals surface area contributed by atoms with E-state index in [2.05, 4.69) is 27.0 Å². The maximum Gasteiger partial charge on any atom is 0.319 e. The predicted octanol–water partition coefficient (Wildman–Crippen LogP) is 5.11. The largest absolute Gasteiger partial charge is 0.486 e. The Balaban J connectivity index is 1.31. The second-order valence-corrected chi connectivity index (χ2v) is 10.1. The van der Waals surface area contributed by atoms with Crippen LogP contribution in [0.2, 0.25) is 0 Å². The third-order valence-electron chi connectivity index (χ3n) is 6.08. The summed E-state index contributed by atoms with van der Waals surface area (Å²) in [6.45, 7) is 4.30. The Morgan fingerprint density at radius 3 is 2.35 bits per heavy atom. The lowest BCUT2D eigenvalue weighted by Crippen LogP contribution is -2.54. The molecule has 37 heavy (non-hydrogen) atoms. The minimum Gasteiger partial charge on any atom is -0.486 e. The molecular formula is C26H29N5O5S. The molecule has 2 aromatic carbocycles. The zero-order chi connectivity index (χ0) is 26.4. The van der Waals surface area contributed by atoms with Gasteiger partial charge in [-0.25, -0.2) is 9.78 Å². The summed E-state index contributed by atoms with van der Waals surface area (Å²) in [4.78, 5) is 40.2. The van der Waals surface area contributed by atoms with Crippen LogP contribution in [0.25, 0.3) is 0 Å². The number of aryl methyl sites for hydroxylation is 2. The van der Waals surface area contributed by atoms with Crippen LogP contribution >= 0.6 is 11.3 Å². The minimum atomic E-state index is -0.498. The number of thiazole rings is 1. The second kappa shape index (κ2) is 11.8. The highest BCUT2D eigenvalue weighted by Gasteiger charge is 2.29. The smallest absolute Gasteiger partial charge is 0.319 e. The molecule has 1 heterocycles. The van der Waals surface area contributed by atoms with Gasteiger partial charge >= 0.3 is 6.03 Å². The van der Waals surface area contributed by atoms with Gasteiger partial charge in [0.1, 0.15) is 23.1 Å². The Morgan fingerprint density at radius 2 is 1.70 bits per heavy atom. The molecule has 10 nitrogen and oxygen atoms in total. The molecule has 194 valence electrons. The Bertz CT molecular complexity index is 1260. The van der Waals surface area contributed by atoms with Crippen molar-refractivity contribution in [2.75, 3.05) is 5.32 Å². The van der Waals surface area contributed by atoms with Crippen LogP contribution in [0.4, 0.5) is 16.2 Å². The number of aromatic nitrogens is 1. The van der Waals surface area contributed by atoms with E-state index in [0.29, 0.717) is 16.4 Å². The van der Waals surface area contributed by atoms with Gasteiger partial charge in [0, 0.05) is 29.2 Å². The number of nitrogens with zero attached hydrogens (tertiary/aromatic N) is 2. The van der Waals surface area contributed by atoms with Crippen LogP contribution < -0.4 is 20.7 Å². The zero-order valence-corrected chi connectivity index (χ0v) is 21.5. The number of amides is 3. The number of anilines is 1. The number of ether oxygens (including phenoxy) is 1. The van der Waals surface area contributed by atoms with Crippen molar-refractivity contribution in [1.29, 1.82) is 0 Å². The molecule has 0 aliphatic heterocycles. The third-order valence-corrected chi connectivity index (χ3v) is 6.90. The van der Waals surface area contributed by atoms with Gasteiger partial charge in [0.05, 0.1) is 11.0 Å². The van der Waals surface area contributed by atoms with E-state index in [1.807, 2.05) is 26.0 Å². The molecule has 4 rings (SSSR count). The van der Waals surface area contributed by atoms with Crippen molar-refractivity contribution in [3.63, 3.8) is 0 Å². The van der Waals surface area contributed by atoms with E-state index < -0.39 is 11.0 Å². The van der Waals surface area contributed by atoms with E-state index in [1.165, 1.54) is 35.6 Å². The van der Waals surface area contributed by atoms with Gasteiger partial charge in [0.25, 0.3) is 11.6 Å². The molecule has 0 spiro atoms. The van der Waals surface area contributed by atoms with Crippen molar-refractivity contribution < 1.29 is 19.2 Å². The van der Waals surface area contributed by atoms with Crippen molar-refractivity contribution >= 4 is 34.6 Å². The highest BCUT2D eigenvalue weighted by molar-refractivity contribution is 7.09. The molecule has 0 unspecified atom stereocenters. The molecule has 0 radical (unpaired) electrons. The lowest BCUT2D eigenvalue weighted by atomic mass is 9.90. The summed E-state index contributed by atoms with van der Waals surface area (Å²) in [7, 11) is 0. The van der Waals surface area contributed by atoms with E-state index in [1.54, 1.807) is 5.38 Å². The quantitative estimate of drug-likeness (QED) is 0.277. The van der Waals surface area contributed by atoms with E-state index in [9.17, 15) is 19.7 Å². The highest BCUT2D eigenvalue weighted by atomic mass is 32.1. The van der Waals surface area contributed by atoms with Gasteiger partial charge in [-0.15, -0.1) is 11.3 Å². The van der Waals surface area contributed by atoms with Gasteiger partial charge in [-0.05, 0) is 62.1 Å². The van der Waals surface area contributed by atoms with E-state index in [0.717, 1.165) is 42.6 Å². The fraction of sp³-hybridized carbons (Fsp3) is 0.346. The summed E-state index contributed by atoms with van der Waals surface area (Å²) in [6, 6.07) is 10.7. The first-order valence-corrected chi connectivity index (χ1v) is 12.9. The van der Waals surface area contributed by atoms with E-state index in [-0.39, 0.29) is 30.3 Å². The summed E-state index contributed by atoms with van der Waals surface area (Å²) in [5.41, 5.74) is 2.95. The molecule has 3 N–H and O–H groups in total. The summed E-state index contributed by atoms with van der Waals surface area (Å²) in [6.07, 6.45) is 3.34. The Morgan fingerprint density at radius 1 is 1.05 bits per heavy atom. The lowest BCUT2D eigenvalue weighted by Gasteiger charge is -2.32. The van der Waals surface area contributed by atoms with Crippen molar-refractivity contribution in [3.05, 3.63) is 79.8 Å². The van der Waals surface area contributed by atoms with Gasteiger partial charge in [0.15, 0.2) is 0 Å². The molecule has 0 saturated heterocycles. The number of carbonyl (C=O) groups excluding carboxylic acids is 2. The van der Waals surface area contributed by atoms with E-state index in [4.69, 9.17) is 4.74 Å². The number of hydrogen-bond donors (Lipinski definition) is 3. The van der Waals surface area contributed by atoms with Crippen LogP contribution in [0.5, 0.6) is 5.75 Å². The summed E-state index contributed by atoms with van der Waals surface area (Å²) in [5.74, 6) is 0.477. The number of nitrogens with one attached hydrogen (secondary N) is 3. The SMILES string of the molecule is Cc1cc(C)cc(OCc2nc(C(=O)N[C@H]3CCCC[C@@H]3NC(=O)Nc3ccc([N+](=O)[O-])cc3)cs2)c1. The average molecular weight is 524 g/mol. The fourth-order valence-corrected chi connectivity index (χ4v) is 5.05. The number of nitro benzene ring substituents is 1. The predicted molar refractivity (Wildman–Crippen MR) is 141 cm³/mol. The third kappa shape index (κ3) is 7.26. The van der Waals surface area contributed by atoms with Crippen molar-refractivity contribution in [2.24, 2.45) is 0 Å². The average Bonchev–Trinajstić information content (AvgIpc) is 3.33. The molecule has 1 aliphatic rings. The van der Waals surface area contributed by atoms with Crippen LogP contribution in [0, 0.1) is 24.0 Å². The molecule has 1 fully saturated rings. The topological polar surface area (TPSA) is 135 Å². The van der Waals surface area contributed by atoms with E-state index >= 15 is 0 Å². The molecule has 1 saturated carbocycles. The van der Waals surface area contributed by atoms with Crippen LogP contribution in [0.15, 0.2) is 47.8 Å². The summed E-state index contributed by atoms with van der Waals surface area (Å²) >= 11 is 1.36. The monoisotopic (exact) mass is 523 g/mol. The molecule has 0 bridgehead atoms. The molecule has 3 amide bonds. The standard InChI is InChI=1S/C26H29N5O5S/c1-16-11-17(2)13-20(12-16)36-14-24-28-23(15-37-24)25(32)29-21-5-3-4-6-22(21)30-26(33)27-18-7-9-19(10-8-18)31(34)35/h7-13,15,21-22H,3-6,14H2,1-2H3,(H,29,32)(H2,27,30,33)/t21-,22-/m0/s1. The first-order valence-electron chi connectivity index (χ1n) is 12.0. The fourth-order valence-electron chi connectivity index (χ4n) is 4.36. The summed E-state index contributed by atoms with van der Waals surface area (Å²) < 4.78 is 5.85. The van der Waals surface area contributed by atoms with Crippen LogP contribution in [0.3, 0.4) is 0 Å². The molecule has 3 aromatic rings. The molecule has 2 atom stereocenters. The second-order valence-electron chi connectivity index (χ2n) is 9.11. The molecule has 1 aliphatic carbocycles. The van der Waals surface area contributed by atoms with Crippen LogP contribution in [0.1, 0.15) is 52.3 Å². The first-order chi connectivity index (χ1) is 17.8. The van der Waals surface area contributed by atoms with Crippen molar-refractivity contribution in [2.45, 2.75) is 58.2 Å². The van der Waals surface area contributed by atoms with Crippen molar-refractivity contribution in [3.8, 4) is 5.75 Å². The number of nitro groups is 1. The van der Waals surface area contributed by atoms with Crippen LogP contribution in [-0.4, -0.2) is 33.9 Å². The number of rotatable bonds is 8. The minimum absolute atomic E-state index is 0.0527. The lowest BCUT2D eigenvalue weighted by molar-refractivity contribution is -0.384.